The van der Waals surface area contributed by atoms with Crippen LogP contribution in [0.5, 0.6) is 5.75 Å². The lowest BCUT2D eigenvalue weighted by atomic mass is 9.87. The molecule has 2 aromatic rings. The van der Waals surface area contributed by atoms with Gasteiger partial charge in [-0.15, -0.1) is 0 Å². The average molecular weight is 345 g/mol. The summed E-state index contributed by atoms with van der Waals surface area (Å²) in [5.41, 5.74) is 1.89. The summed E-state index contributed by atoms with van der Waals surface area (Å²) in [6.07, 6.45) is 1.82. The van der Waals surface area contributed by atoms with Gasteiger partial charge in [-0.25, -0.2) is 4.98 Å². The molecule has 1 saturated heterocycles. The predicted octanol–water partition coefficient (Wildman–Crippen LogP) is 2.65. The molecule has 6 nitrogen and oxygen atoms in total. The number of imidazole rings is 1. The van der Waals surface area contributed by atoms with Crippen molar-refractivity contribution in [3.8, 4) is 5.75 Å². The van der Waals surface area contributed by atoms with E-state index in [1.165, 1.54) is 0 Å². The molecule has 0 aliphatic carbocycles. The number of methoxy groups -OCH3 is 1. The molecule has 0 spiro atoms. The minimum absolute atomic E-state index is 0.00143. The van der Waals surface area contributed by atoms with Crippen molar-refractivity contribution in [2.75, 3.05) is 13.7 Å². The maximum atomic E-state index is 12.7. The number of nitrogens with zero attached hydrogens (tertiary/aromatic N) is 2. The first-order chi connectivity index (χ1) is 12.0. The number of fused-ring (bicyclic) bond motifs is 1. The molecule has 2 atom stereocenters. The average Bonchev–Trinajstić information content (AvgIpc) is 2.94. The van der Waals surface area contributed by atoms with E-state index in [0.29, 0.717) is 12.5 Å². The number of hydrogen-bond donors (Lipinski definition) is 1. The fourth-order valence-corrected chi connectivity index (χ4v) is 3.55. The van der Waals surface area contributed by atoms with Crippen LogP contribution >= 0.6 is 0 Å². The maximum absolute atomic E-state index is 12.7. The van der Waals surface area contributed by atoms with Gasteiger partial charge in [0.2, 0.25) is 5.91 Å². The smallest absolute Gasteiger partial charge is 0.226 e. The van der Waals surface area contributed by atoms with Crippen molar-refractivity contribution in [2.24, 2.45) is 18.9 Å². The van der Waals surface area contributed by atoms with Crippen LogP contribution in [0.25, 0.3) is 11.0 Å². The summed E-state index contributed by atoms with van der Waals surface area (Å²) in [5, 5.41) is 3.05. The number of rotatable bonds is 5. The van der Waals surface area contributed by atoms with E-state index in [9.17, 15) is 4.79 Å². The standard InChI is InChI=1S/C19H27N3O3/c1-12(2)18-14(6-5-9-25-18)19(23)20-11-17-21-15-10-13(24-4)7-8-16(15)22(17)3/h7-8,10,12,14,18H,5-6,9,11H2,1-4H3,(H,20,23)/t14-,18+/m0/s1. The molecule has 136 valence electrons. The summed E-state index contributed by atoms with van der Waals surface area (Å²) in [7, 11) is 3.60. The van der Waals surface area contributed by atoms with Crippen molar-refractivity contribution in [3.05, 3.63) is 24.0 Å². The van der Waals surface area contributed by atoms with Crippen LogP contribution in [-0.4, -0.2) is 35.3 Å². The van der Waals surface area contributed by atoms with Gasteiger partial charge in [-0.1, -0.05) is 13.8 Å². The highest BCUT2D eigenvalue weighted by molar-refractivity contribution is 5.80. The van der Waals surface area contributed by atoms with E-state index in [1.54, 1.807) is 7.11 Å². The molecular weight excluding hydrogens is 318 g/mol. The summed E-state index contributed by atoms with van der Waals surface area (Å²) in [4.78, 5) is 17.3. The van der Waals surface area contributed by atoms with Crippen molar-refractivity contribution >= 4 is 16.9 Å². The van der Waals surface area contributed by atoms with Gasteiger partial charge >= 0.3 is 0 Å². The number of benzene rings is 1. The van der Waals surface area contributed by atoms with E-state index in [0.717, 1.165) is 42.1 Å². The van der Waals surface area contributed by atoms with Crippen LogP contribution in [0.2, 0.25) is 0 Å². The normalized spacial score (nSPS) is 20.8. The Hall–Kier alpha value is -2.08. The van der Waals surface area contributed by atoms with Crippen LogP contribution in [0.15, 0.2) is 18.2 Å². The van der Waals surface area contributed by atoms with Gasteiger partial charge in [-0.2, -0.15) is 0 Å². The molecule has 0 unspecified atom stereocenters. The second-order valence-corrected chi connectivity index (χ2v) is 6.99. The quantitative estimate of drug-likeness (QED) is 0.905. The minimum Gasteiger partial charge on any atom is -0.497 e. The van der Waals surface area contributed by atoms with Gasteiger partial charge in [0.05, 0.1) is 36.7 Å². The number of carbonyl (C=O) groups is 1. The third-order valence-electron chi connectivity index (χ3n) is 4.96. The zero-order valence-corrected chi connectivity index (χ0v) is 15.4. The predicted molar refractivity (Wildman–Crippen MR) is 96.4 cm³/mol. The Morgan fingerprint density at radius 1 is 1.48 bits per heavy atom. The van der Waals surface area contributed by atoms with Crippen LogP contribution < -0.4 is 10.1 Å². The largest absolute Gasteiger partial charge is 0.497 e. The summed E-state index contributed by atoms with van der Waals surface area (Å²) in [6, 6.07) is 5.81. The Balaban J connectivity index is 1.71. The van der Waals surface area contributed by atoms with Gasteiger partial charge < -0.3 is 19.4 Å². The van der Waals surface area contributed by atoms with Gasteiger partial charge in [0.15, 0.2) is 0 Å². The van der Waals surface area contributed by atoms with Gasteiger partial charge in [-0.05, 0) is 30.9 Å². The zero-order chi connectivity index (χ0) is 18.0. The molecule has 0 saturated carbocycles. The second kappa shape index (κ2) is 7.44. The molecule has 6 heteroatoms. The second-order valence-electron chi connectivity index (χ2n) is 6.99. The van der Waals surface area contributed by atoms with Crippen LogP contribution in [0.1, 0.15) is 32.5 Å². The van der Waals surface area contributed by atoms with E-state index in [2.05, 4.69) is 24.1 Å². The van der Waals surface area contributed by atoms with Gasteiger partial charge in [0.25, 0.3) is 0 Å². The lowest BCUT2D eigenvalue weighted by Crippen LogP contribution is -2.43. The monoisotopic (exact) mass is 345 g/mol. The summed E-state index contributed by atoms with van der Waals surface area (Å²) in [6.45, 7) is 5.37. The molecule has 2 heterocycles. The van der Waals surface area contributed by atoms with E-state index in [4.69, 9.17) is 9.47 Å². The van der Waals surface area contributed by atoms with E-state index < -0.39 is 0 Å². The third-order valence-corrected chi connectivity index (χ3v) is 4.96. The molecule has 1 aliphatic heterocycles. The molecule has 1 N–H and O–H groups in total. The highest BCUT2D eigenvalue weighted by Crippen LogP contribution is 2.27. The molecule has 1 fully saturated rings. The summed E-state index contributed by atoms with van der Waals surface area (Å²) < 4.78 is 13.1. The molecule has 0 radical (unpaired) electrons. The van der Waals surface area contributed by atoms with Gasteiger partial charge in [-0.3, -0.25) is 4.79 Å². The Morgan fingerprint density at radius 3 is 3.00 bits per heavy atom. The molecular formula is C19H27N3O3. The number of aryl methyl sites for hydroxylation is 1. The third kappa shape index (κ3) is 3.63. The molecule has 1 aromatic carbocycles. The van der Waals surface area contributed by atoms with Crippen LogP contribution in [0, 0.1) is 11.8 Å². The highest BCUT2D eigenvalue weighted by Gasteiger charge is 2.33. The Morgan fingerprint density at radius 2 is 2.28 bits per heavy atom. The number of hydrogen-bond acceptors (Lipinski definition) is 4. The van der Waals surface area contributed by atoms with Gasteiger partial charge in [0, 0.05) is 19.7 Å². The number of nitrogens with one attached hydrogen (secondary N) is 1. The Labute approximate surface area is 148 Å². The molecule has 1 aliphatic rings. The molecule has 25 heavy (non-hydrogen) atoms. The number of amides is 1. The van der Waals surface area contributed by atoms with Crippen molar-refractivity contribution in [1.29, 1.82) is 0 Å². The van der Waals surface area contributed by atoms with Crippen molar-refractivity contribution < 1.29 is 14.3 Å². The fraction of sp³-hybridized carbons (Fsp3) is 0.579. The summed E-state index contributed by atoms with van der Waals surface area (Å²) in [5.74, 6) is 1.92. The minimum atomic E-state index is -0.0801. The summed E-state index contributed by atoms with van der Waals surface area (Å²) >= 11 is 0. The Bertz CT molecular complexity index is 754. The van der Waals surface area contributed by atoms with E-state index >= 15 is 0 Å². The van der Waals surface area contributed by atoms with Crippen LogP contribution in [0.4, 0.5) is 0 Å². The van der Waals surface area contributed by atoms with Crippen LogP contribution in [-0.2, 0) is 23.1 Å². The first-order valence-electron chi connectivity index (χ1n) is 8.90. The first kappa shape index (κ1) is 17.7. The highest BCUT2D eigenvalue weighted by atomic mass is 16.5. The number of carbonyl (C=O) groups excluding carboxylic acids is 1. The SMILES string of the molecule is COc1ccc2c(c1)nc(CNC(=O)[C@H]1CCCO[C@@H]1C(C)C)n2C. The lowest BCUT2D eigenvalue weighted by molar-refractivity contribution is -0.137. The Kier molecular flexibility index (Phi) is 5.27. The topological polar surface area (TPSA) is 65.4 Å². The molecule has 0 bridgehead atoms. The number of ether oxygens (including phenoxy) is 2. The number of aromatic nitrogens is 2. The maximum Gasteiger partial charge on any atom is 0.226 e. The van der Waals surface area contributed by atoms with Crippen molar-refractivity contribution in [3.63, 3.8) is 0 Å². The first-order valence-corrected chi connectivity index (χ1v) is 8.90. The zero-order valence-electron chi connectivity index (χ0n) is 15.4. The van der Waals surface area contributed by atoms with Crippen LogP contribution in [0.3, 0.4) is 0 Å². The van der Waals surface area contributed by atoms with E-state index in [1.807, 2.05) is 29.8 Å². The molecule has 1 amide bonds. The molecule has 3 rings (SSSR count). The van der Waals surface area contributed by atoms with Crippen molar-refractivity contribution in [1.82, 2.24) is 14.9 Å². The van der Waals surface area contributed by atoms with E-state index in [-0.39, 0.29) is 17.9 Å². The molecule has 1 aromatic heterocycles. The fourth-order valence-electron chi connectivity index (χ4n) is 3.55. The van der Waals surface area contributed by atoms with Crippen molar-refractivity contribution in [2.45, 2.75) is 39.3 Å². The van der Waals surface area contributed by atoms with Gasteiger partial charge in [0.1, 0.15) is 11.6 Å². The lowest BCUT2D eigenvalue weighted by Gasteiger charge is -2.33.